The van der Waals surface area contributed by atoms with E-state index >= 15 is 0 Å². The number of hydrogen-bond acceptors (Lipinski definition) is 4. The van der Waals surface area contributed by atoms with Crippen molar-refractivity contribution in [3.8, 4) is 0 Å². The zero-order chi connectivity index (χ0) is 17.7. The molecule has 2 heterocycles. The predicted octanol–water partition coefficient (Wildman–Crippen LogP) is 3.14. The summed E-state index contributed by atoms with van der Waals surface area (Å²) >= 11 is 6.24. The van der Waals surface area contributed by atoms with Crippen LogP contribution in [0.3, 0.4) is 0 Å². The van der Waals surface area contributed by atoms with Gasteiger partial charge in [0.1, 0.15) is 0 Å². The monoisotopic (exact) mass is 354 g/mol. The number of rotatable bonds is 2. The molecule has 2 aliphatic heterocycles. The number of carbonyl (C=O) groups is 2. The molecular formula is C19H15ClN2O3. The number of amides is 2. The number of anilines is 1. The van der Waals surface area contributed by atoms with Crippen molar-refractivity contribution < 1.29 is 14.4 Å². The molecule has 25 heavy (non-hydrogen) atoms. The Labute approximate surface area is 149 Å². The molecule has 1 N–H and O–H groups in total. The summed E-state index contributed by atoms with van der Waals surface area (Å²) in [5.74, 6) is -0.785. The maximum absolute atomic E-state index is 13.0. The zero-order valence-corrected chi connectivity index (χ0v) is 14.4. The van der Waals surface area contributed by atoms with Gasteiger partial charge < -0.3 is 0 Å². The minimum Gasteiger partial charge on any atom is -0.270 e. The fourth-order valence-electron chi connectivity index (χ4n) is 3.16. The molecule has 1 atom stereocenters. The Morgan fingerprint density at radius 3 is 2.60 bits per heavy atom. The van der Waals surface area contributed by atoms with Gasteiger partial charge in [0, 0.05) is 10.6 Å². The summed E-state index contributed by atoms with van der Waals surface area (Å²) in [7, 11) is 0. The van der Waals surface area contributed by atoms with Crippen molar-refractivity contribution in [1.82, 2.24) is 5.48 Å². The molecule has 0 unspecified atom stereocenters. The number of halogens is 1. The van der Waals surface area contributed by atoms with Gasteiger partial charge in [-0.3, -0.25) is 19.9 Å². The molecule has 0 spiro atoms. The van der Waals surface area contributed by atoms with Crippen molar-refractivity contribution in [3.05, 3.63) is 69.8 Å². The minimum absolute atomic E-state index is 0.291. The molecule has 0 aromatic heterocycles. The third-order valence-electron chi connectivity index (χ3n) is 4.65. The predicted molar refractivity (Wildman–Crippen MR) is 94.8 cm³/mol. The van der Waals surface area contributed by atoms with Crippen LogP contribution in [-0.2, 0) is 14.4 Å². The first-order valence-corrected chi connectivity index (χ1v) is 8.23. The van der Waals surface area contributed by atoms with Crippen LogP contribution in [-0.4, -0.2) is 17.9 Å². The van der Waals surface area contributed by atoms with Gasteiger partial charge in [-0.1, -0.05) is 41.9 Å². The number of nitrogens with one attached hydrogen (secondary N) is 1. The Hall–Kier alpha value is -2.63. The number of benzene rings is 2. The molecule has 4 rings (SSSR count). The molecule has 2 amide bonds. The number of hydrogen-bond donors (Lipinski definition) is 1. The van der Waals surface area contributed by atoms with Crippen molar-refractivity contribution in [1.29, 1.82) is 0 Å². The highest BCUT2D eigenvalue weighted by molar-refractivity contribution is 6.35. The fourth-order valence-corrected chi connectivity index (χ4v) is 3.39. The van der Waals surface area contributed by atoms with Gasteiger partial charge in [-0.2, -0.15) is 0 Å². The largest absolute Gasteiger partial charge is 0.270 e. The van der Waals surface area contributed by atoms with Crippen molar-refractivity contribution in [3.63, 3.8) is 0 Å². The molecule has 0 aliphatic carbocycles. The molecule has 2 aromatic carbocycles. The molecule has 126 valence electrons. The van der Waals surface area contributed by atoms with Crippen LogP contribution in [0.4, 0.5) is 5.69 Å². The second-order valence-electron chi connectivity index (χ2n) is 6.07. The third kappa shape index (κ3) is 2.27. The second kappa shape index (κ2) is 5.72. The molecule has 0 saturated carbocycles. The standard InChI is InChI=1S/C19H15ClN2O3/c1-10-6-5-9-14(11(10)2)22-18(23)15-16(21-25-17(15)19(22)24)12-7-3-4-8-13(12)20/h3-9,17,21H,1-2H3/t17-/m0/s1. The summed E-state index contributed by atoms with van der Waals surface area (Å²) in [6, 6.07) is 12.7. The van der Waals surface area contributed by atoms with Gasteiger partial charge in [0.15, 0.2) is 6.10 Å². The van der Waals surface area contributed by atoms with Crippen molar-refractivity contribution in [2.75, 3.05) is 4.90 Å². The SMILES string of the molecule is Cc1cccc(N2C(=O)C3=C(c4ccccc4Cl)NO[C@@H]3C2=O)c1C. The molecule has 6 heteroatoms. The highest BCUT2D eigenvalue weighted by atomic mass is 35.5. The Kier molecular flexibility index (Phi) is 3.63. The lowest BCUT2D eigenvalue weighted by atomic mass is 10.0. The number of imide groups is 1. The topological polar surface area (TPSA) is 58.6 Å². The van der Waals surface area contributed by atoms with Gasteiger partial charge >= 0.3 is 0 Å². The van der Waals surface area contributed by atoms with Gasteiger partial charge in [0.25, 0.3) is 11.8 Å². The quantitative estimate of drug-likeness (QED) is 0.842. The second-order valence-corrected chi connectivity index (χ2v) is 6.47. The van der Waals surface area contributed by atoms with Gasteiger partial charge in [0.2, 0.25) is 0 Å². The van der Waals surface area contributed by atoms with Crippen LogP contribution in [0.25, 0.3) is 5.70 Å². The van der Waals surface area contributed by atoms with E-state index in [9.17, 15) is 9.59 Å². The number of carbonyl (C=O) groups excluding carboxylic acids is 2. The normalized spacial score (nSPS) is 19.5. The van der Waals surface area contributed by atoms with Crippen LogP contribution in [0.2, 0.25) is 5.02 Å². The average Bonchev–Trinajstić information content (AvgIpc) is 3.12. The van der Waals surface area contributed by atoms with Gasteiger partial charge in [-0.05, 0) is 37.1 Å². The lowest BCUT2D eigenvalue weighted by Crippen LogP contribution is -2.35. The van der Waals surface area contributed by atoms with E-state index in [1.807, 2.05) is 32.0 Å². The highest BCUT2D eigenvalue weighted by Crippen LogP contribution is 2.38. The Balaban J connectivity index is 1.86. The van der Waals surface area contributed by atoms with E-state index in [0.717, 1.165) is 11.1 Å². The van der Waals surface area contributed by atoms with Gasteiger partial charge in [-0.15, -0.1) is 0 Å². The third-order valence-corrected chi connectivity index (χ3v) is 4.98. The van der Waals surface area contributed by atoms with E-state index in [1.54, 1.807) is 24.3 Å². The van der Waals surface area contributed by atoms with Crippen molar-refractivity contribution in [2.45, 2.75) is 20.0 Å². The molecule has 2 aromatic rings. The molecule has 0 bridgehead atoms. The summed E-state index contributed by atoms with van der Waals surface area (Å²) < 4.78 is 0. The smallest absolute Gasteiger partial charge is 0.270 e. The molecular weight excluding hydrogens is 340 g/mol. The van der Waals surface area contributed by atoms with Gasteiger partial charge in [0.05, 0.1) is 17.0 Å². The number of nitrogens with zero attached hydrogens (tertiary/aromatic N) is 1. The lowest BCUT2D eigenvalue weighted by molar-refractivity contribution is -0.127. The van der Waals surface area contributed by atoms with Crippen LogP contribution in [0.1, 0.15) is 16.7 Å². The number of fused-ring (bicyclic) bond motifs is 1. The van der Waals surface area contributed by atoms with Crippen LogP contribution < -0.4 is 10.4 Å². The lowest BCUT2D eigenvalue weighted by Gasteiger charge is -2.19. The van der Waals surface area contributed by atoms with E-state index < -0.39 is 12.0 Å². The highest BCUT2D eigenvalue weighted by Gasteiger charge is 2.51. The summed E-state index contributed by atoms with van der Waals surface area (Å²) in [6.07, 6.45) is -0.960. The number of hydroxylamine groups is 1. The van der Waals surface area contributed by atoms with E-state index in [-0.39, 0.29) is 5.91 Å². The van der Waals surface area contributed by atoms with E-state index in [4.69, 9.17) is 16.4 Å². The molecule has 0 radical (unpaired) electrons. The molecule has 5 nitrogen and oxygen atoms in total. The van der Waals surface area contributed by atoms with Crippen LogP contribution in [0, 0.1) is 13.8 Å². The molecule has 1 fully saturated rings. The number of aryl methyl sites for hydroxylation is 1. The summed E-state index contributed by atoms with van der Waals surface area (Å²) in [5, 5.41) is 0.479. The van der Waals surface area contributed by atoms with Gasteiger partial charge in [-0.25, -0.2) is 4.90 Å². The summed E-state index contributed by atoms with van der Waals surface area (Å²) in [4.78, 5) is 32.4. The minimum atomic E-state index is -0.960. The average molecular weight is 355 g/mol. The van der Waals surface area contributed by atoms with E-state index in [0.29, 0.717) is 27.5 Å². The van der Waals surface area contributed by atoms with Crippen LogP contribution >= 0.6 is 11.6 Å². The fraction of sp³-hybridized carbons (Fsp3) is 0.158. The first-order valence-electron chi connectivity index (χ1n) is 7.86. The van der Waals surface area contributed by atoms with Crippen LogP contribution in [0.5, 0.6) is 0 Å². The maximum Gasteiger partial charge on any atom is 0.270 e. The summed E-state index contributed by atoms with van der Waals surface area (Å²) in [6.45, 7) is 3.83. The van der Waals surface area contributed by atoms with Crippen LogP contribution in [0.15, 0.2) is 48.0 Å². The van der Waals surface area contributed by atoms with Crippen molar-refractivity contribution >= 4 is 34.8 Å². The molecule has 2 aliphatic rings. The maximum atomic E-state index is 13.0. The first kappa shape index (κ1) is 15.9. The Morgan fingerprint density at radius 1 is 1.08 bits per heavy atom. The Bertz CT molecular complexity index is 951. The van der Waals surface area contributed by atoms with E-state index in [1.165, 1.54) is 4.90 Å². The summed E-state index contributed by atoms with van der Waals surface area (Å²) in [5.41, 5.74) is 6.55. The zero-order valence-electron chi connectivity index (χ0n) is 13.7. The van der Waals surface area contributed by atoms with Crippen molar-refractivity contribution in [2.24, 2.45) is 0 Å². The first-order chi connectivity index (χ1) is 12.0. The van der Waals surface area contributed by atoms with E-state index in [2.05, 4.69) is 5.48 Å². The molecule has 1 saturated heterocycles. The Morgan fingerprint density at radius 2 is 1.84 bits per heavy atom.